The largest absolute Gasteiger partial charge is 0.374 e. The molecular formula is C11H20N2OS. The number of thiazole rings is 1. The fraction of sp³-hybridized carbons (Fsp3) is 0.727. The van der Waals surface area contributed by atoms with E-state index in [1.165, 1.54) is 0 Å². The molecule has 15 heavy (non-hydrogen) atoms. The second kappa shape index (κ2) is 6.93. The highest BCUT2D eigenvalue weighted by Gasteiger charge is 2.12. The predicted molar refractivity (Wildman–Crippen MR) is 64.2 cm³/mol. The van der Waals surface area contributed by atoms with Crippen LogP contribution in [0, 0.1) is 0 Å². The maximum Gasteiger partial charge on any atom is 0.122 e. The summed E-state index contributed by atoms with van der Waals surface area (Å²) in [6, 6.07) is 0. The van der Waals surface area contributed by atoms with E-state index >= 15 is 0 Å². The molecule has 0 aliphatic rings. The Morgan fingerprint density at radius 1 is 1.53 bits per heavy atom. The van der Waals surface area contributed by atoms with Gasteiger partial charge in [-0.15, -0.1) is 11.3 Å². The van der Waals surface area contributed by atoms with Crippen LogP contribution in [-0.4, -0.2) is 18.6 Å². The SMILES string of the molecule is CCCNCc1csc(C(CC)OC)n1. The van der Waals surface area contributed by atoms with Crippen molar-refractivity contribution in [2.24, 2.45) is 0 Å². The number of nitrogens with zero attached hydrogens (tertiary/aromatic N) is 1. The minimum absolute atomic E-state index is 0.162. The van der Waals surface area contributed by atoms with Gasteiger partial charge in [-0.2, -0.15) is 0 Å². The highest BCUT2D eigenvalue weighted by molar-refractivity contribution is 7.09. The van der Waals surface area contributed by atoms with Crippen molar-refractivity contribution >= 4 is 11.3 Å². The van der Waals surface area contributed by atoms with Crippen LogP contribution in [0.5, 0.6) is 0 Å². The lowest BCUT2D eigenvalue weighted by molar-refractivity contribution is 0.0996. The summed E-state index contributed by atoms with van der Waals surface area (Å²) in [4.78, 5) is 4.56. The third-order valence-electron chi connectivity index (χ3n) is 2.23. The topological polar surface area (TPSA) is 34.1 Å². The van der Waals surface area contributed by atoms with Gasteiger partial charge >= 0.3 is 0 Å². The highest BCUT2D eigenvalue weighted by atomic mass is 32.1. The van der Waals surface area contributed by atoms with E-state index in [1.54, 1.807) is 18.4 Å². The van der Waals surface area contributed by atoms with Gasteiger partial charge in [-0.3, -0.25) is 0 Å². The standard InChI is InChI=1S/C11H20N2OS/c1-4-6-12-7-9-8-15-11(13-9)10(5-2)14-3/h8,10,12H,4-7H2,1-3H3. The Balaban J connectivity index is 2.47. The van der Waals surface area contributed by atoms with Gasteiger partial charge in [0.1, 0.15) is 11.1 Å². The van der Waals surface area contributed by atoms with Crippen molar-refractivity contribution in [1.29, 1.82) is 0 Å². The zero-order valence-electron chi connectivity index (χ0n) is 9.75. The zero-order valence-corrected chi connectivity index (χ0v) is 10.6. The molecule has 0 saturated heterocycles. The van der Waals surface area contributed by atoms with Crippen molar-refractivity contribution in [2.75, 3.05) is 13.7 Å². The minimum Gasteiger partial charge on any atom is -0.374 e. The van der Waals surface area contributed by atoms with Crippen molar-refractivity contribution < 1.29 is 4.74 Å². The van der Waals surface area contributed by atoms with Crippen molar-refractivity contribution in [3.05, 3.63) is 16.1 Å². The second-order valence-electron chi connectivity index (χ2n) is 3.49. The van der Waals surface area contributed by atoms with Gasteiger partial charge in [-0.05, 0) is 19.4 Å². The molecule has 0 saturated carbocycles. The molecule has 1 aromatic heterocycles. The molecule has 1 heterocycles. The summed E-state index contributed by atoms with van der Waals surface area (Å²) in [5.41, 5.74) is 1.12. The van der Waals surface area contributed by atoms with Gasteiger partial charge in [0.15, 0.2) is 0 Å². The Bertz CT molecular complexity index is 271. The second-order valence-corrected chi connectivity index (χ2v) is 4.38. The number of methoxy groups -OCH3 is 1. The molecule has 1 atom stereocenters. The van der Waals surface area contributed by atoms with Crippen molar-refractivity contribution in [3.8, 4) is 0 Å². The number of hydrogen-bond acceptors (Lipinski definition) is 4. The Morgan fingerprint density at radius 3 is 2.93 bits per heavy atom. The van der Waals surface area contributed by atoms with E-state index in [1.807, 2.05) is 0 Å². The first-order valence-corrected chi connectivity index (χ1v) is 6.37. The Kier molecular flexibility index (Phi) is 5.83. The lowest BCUT2D eigenvalue weighted by Gasteiger charge is -2.08. The van der Waals surface area contributed by atoms with Crippen LogP contribution >= 0.6 is 11.3 Å². The van der Waals surface area contributed by atoms with E-state index in [9.17, 15) is 0 Å². The molecule has 1 N–H and O–H groups in total. The first-order valence-electron chi connectivity index (χ1n) is 5.49. The smallest absolute Gasteiger partial charge is 0.122 e. The van der Waals surface area contributed by atoms with Gasteiger partial charge in [0.25, 0.3) is 0 Å². The summed E-state index contributed by atoms with van der Waals surface area (Å²) in [7, 11) is 1.74. The quantitative estimate of drug-likeness (QED) is 0.729. The molecule has 1 rings (SSSR count). The monoisotopic (exact) mass is 228 g/mol. The Morgan fingerprint density at radius 2 is 2.33 bits per heavy atom. The van der Waals surface area contributed by atoms with Crippen molar-refractivity contribution in [2.45, 2.75) is 39.3 Å². The predicted octanol–water partition coefficient (Wildman–Crippen LogP) is 2.74. The van der Waals surface area contributed by atoms with Crippen LogP contribution in [0.2, 0.25) is 0 Å². The first-order chi connectivity index (χ1) is 7.31. The maximum atomic E-state index is 5.35. The minimum atomic E-state index is 0.162. The van der Waals surface area contributed by atoms with Crippen LogP contribution in [0.15, 0.2) is 5.38 Å². The van der Waals surface area contributed by atoms with E-state index in [0.29, 0.717) is 0 Å². The van der Waals surface area contributed by atoms with Gasteiger partial charge < -0.3 is 10.1 Å². The van der Waals surface area contributed by atoms with Gasteiger partial charge in [0.2, 0.25) is 0 Å². The number of aromatic nitrogens is 1. The number of hydrogen-bond donors (Lipinski definition) is 1. The average molecular weight is 228 g/mol. The molecule has 0 aliphatic carbocycles. The van der Waals surface area contributed by atoms with Crippen LogP contribution in [0.25, 0.3) is 0 Å². The molecule has 1 unspecified atom stereocenters. The maximum absolute atomic E-state index is 5.35. The molecule has 0 fully saturated rings. The normalized spacial score (nSPS) is 13.0. The molecule has 0 aliphatic heterocycles. The molecular weight excluding hydrogens is 208 g/mol. The summed E-state index contributed by atoms with van der Waals surface area (Å²) < 4.78 is 5.35. The van der Waals surface area contributed by atoms with Crippen LogP contribution in [0.3, 0.4) is 0 Å². The highest BCUT2D eigenvalue weighted by Crippen LogP contribution is 2.23. The number of rotatable bonds is 7. The molecule has 0 amide bonds. The molecule has 4 heteroatoms. The Labute approximate surface area is 95.9 Å². The van der Waals surface area contributed by atoms with Gasteiger partial charge in [0.05, 0.1) is 5.69 Å². The summed E-state index contributed by atoms with van der Waals surface area (Å²) in [6.07, 6.45) is 2.30. The molecule has 0 radical (unpaired) electrons. The Hall–Kier alpha value is -0.450. The number of ether oxygens (including phenoxy) is 1. The third kappa shape index (κ3) is 3.89. The van der Waals surface area contributed by atoms with Crippen molar-refractivity contribution in [1.82, 2.24) is 10.3 Å². The van der Waals surface area contributed by atoms with Gasteiger partial charge in [-0.1, -0.05) is 13.8 Å². The fourth-order valence-electron chi connectivity index (χ4n) is 1.39. The molecule has 0 aromatic carbocycles. The summed E-state index contributed by atoms with van der Waals surface area (Å²) in [6.45, 7) is 6.20. The van der Waals surface area contributed by atoms with Gasteiger partial charge in [0, 0.05) is 19.0 Å². The lowest BCUT2D eigenvalue weighted by atomic mass is 10.3. The van der Waals surface area contributed by atoms with Crippen molar-refractivity contribution in [3.63, 3.8) is 0 Å². The van der Waals surface area contributed by atoms with Crippen LogP contribution in [-0.2, 0) is 11.3 Å². The molecule has 0 bridgehead atoms. The van der Waals surface area contributed by atoms with E-state index in [2.05, 4.69) is 29.5 Å². The summed E-state index contributed by atoms with van der Waals surface area (Å²) in [5, 5.41) is 6.54. The molecule has 0 spiro atoms. The average Bonchev–Trinajstić information content (AvgIpc) is 2.69. The van der Waals surface area contributed by atoms with Gasteiger partial charge in [-0.25, -0.2) is 4.98 Å². The van der Waals surface area contributed by atoms with Crippen LogP contribution in [0.4, 0.5) is 0 Å². The van der Waals surface area contributed by atoms with E-state index in [4.69, 9.17) is 4.74 Å². The van der Waals surface area contributed by atoms with Crippen LogP contribution in [0.1, 0.15) is 43.5 Å². The van der Waals surface area contributed by atoms with Crippen LogP contribution < -0.4 is 5.32 Å². The lowest BCUT2D eigenvalue weighted by Crippen LogP contribution is -2.14. The molecule has 1 aromatic rings. The fourth-order valence-corrected chi connectivity index (χ4v) is 2.36. The molecule has 86 valence electrons. The first kappa shape index (κ1) is 12.6. The van der Waals surface area contributed by atoms with E-state index in [0.717, 1.165) is 36.6 Å². The third-order valence-corrected chi connectivity index (χ3v) is 3.22. The summed E-state index contributed by atoms with van der Waals surface area (Å²) >= 11 is 1.69. The van der Waals surface area contributed by atoms with E-state index < -0.39 is 0 Å². The number of nitrogens with one attached hydrogen (secondary N) is 1. The molecule has 3 nitrogen and oxygen atoms in total. The van der Waals surface area contributed by atoms with E-state index in [-0.39, 0.29) is 6.10 Å². The zero-order chi connectivity index (χ0) is 11.1. The summed E-state index contributed by atoms with van der Waals surface area (Å²) in [5.74, 6) is 0.